The molecule has 84 valence electrons. The summed E-state index contributed by atoms with van der Waals surface area (Å²) in [6, 6.07) is 9.34. The molecular weight excluding hydrogens is 200 g/mol. The fourth-order valence-corrected chi connectivity index (χ4v) is 2.53. The third kappa shape index (κ3) is 1.33. The van der Waals surface area contributed by atoms with Crippen LogP contribution in [0.2, 0.25) is 0 Å². The van der Waals surface area contributed by atoms with E-state index in [0.29, 0.717) is 6.42 Å². The van der Waals surface area contributed by atoms with Gasteiger partial charge >= 0.3 is 0 Å². The topological polar surface area (TPSA) is 34.1 Å². The lowest BCUT2D eigenvalue weighted by Gasteiger charge is -2.23. The van der Waals surface area contributed by atoms with E-state index in [1.165, 1.54) is 0 Å². The van der Waals surface area contributed by atoms with Crippen LogP contribution in [0.1, 0.15) is 32.8 Å². The molecule has 1 fully saturated rings. The van der Waals surface area contributed by atoms with Gasteiger partial charge in [0.05, 0.1) is 0 Å². The Kier molecular flexibility index (Phi) is 2.26. The maximum absolute atomic E-state index is 12.3. The second-order valence-electron chi connectivity index (χ2n) is 5.30. The second-order valence-corrected chi connectivity index (χ2v) is 5.30. The molecule has 0 amide bonds. The van der Waals surface area contributed by atoms with Gasteiger partial charge in [-0.05, 0) is 12.5 Å². The van der Waals surface area contributed by atoms with Gasteiger partial charge in [-0.1, -0.05) is 44.2 Å². The first-order chi connectivity index (χ1) is 7.39. The summed E-state index contributed by atoms with van der Waals surface area (Å²) in [6.45, 7) is 5.45. The zero-order chi connectivity index (χ0) is 12.0. The van der Waals surface area contributed by atoms with Crippen LogP contribution >= 0.6 is 0 Å². The van der Waals surface area contributed by atoms with Gasteiger partial charge in [-0.15, -0.1) is 0 Å². The summed E-state index contributed by atoms with van der Waals surface area (Å²) in [6.07, 6.45) is 0.344. The number of rotatable bonds is 1. The van der Waals surface area contributed by atoms with Crippen molar-refractivity contribution in [2.24, 2.45) is 5.41 Å². The number of hydrogen-bond donors (Lipinski definition) is 0. The molecule has 1 saturated carbocycles. The van der Waals surface area contributed by atoms with Crippen LogP contribution in [0.4, 0.5) is 0 Å². The summed E-state index contributed by atoms with van der Waals surface area (Å²) >= 11 is 0. The van der Waals surface area contributed by atoms with Crippen LogP contribution in [0.5, 0.6) is 0 Å². The maximum atomic E-state index is 12.3. The predicted octanol–water partition coefficient (Wildman–Crippen LogP) is 2.51. The van der Waals surface area contributed by atoms with Gasteiger partial charge in [-0.3, -0.25) is 9.59 Å². The molecule has 1 atom stereocenters. The van der Waals surface area contributed by atoms with Crippen molar-refractivity contribution in [3.05, 3.63) is 35.9 Å². The molecule has 0 radical (unpaired) electrons. The molecule has 0 spiro atoms. The molecule has 0 aromatic heterocycles. The summed E-state index contributed by atoms with van der Waals surface area (Å²) in [5.74, 6) is 0.0740. The van der Waals surface area contributed by atoms with E-state index >= 15 is 0 Å². The predicted molar refractivity (Wildman–Crippen MR) is 62.2 cm³/mol. The number of carbonyl (C=O) groups excluding carboxylic acids is 2. The number of benzene rings is 1. The highest BCUT2D eigenvalue weighted by molar-refractivity contribution is 6.20. The normalized spacial score (nSPS) is 28.4. The highest BCUT2D eigenvalue weighted by Gasteiger charge is 2.55. The maximum Gasteiger partial charge on any atom is 0.156 e. The minimum atomic E-state index is -0.940. The number of carbonyl (C=O) groups is 2. The quantitative estimate of drug-likeness (QED) is 0.676. The summed E-state index contributed by atoms with van der Waals surface area (Å²) in [4.78, 5) is 24.4. The SMILES string of the molecule is CC1(C)CC(=O)C(C)(c2ccccc2)C1=O. The molecule has 0 N–H and O–H groups in total. The molecule has 1 aromatic rings. The number of Topliss-reactive ketones (excluding diaryl/α,β-unsaturated/α-hetero) is 2. The van der Waals surface area contributed by atoms with Crippen molar-refractivity contribution in [2.75, 3.05) is 0 Å². The van der Waals surface area contributed by atoms with Crippen LogP contribution < -0.4 is 0 Å². The van der Waals surface area contributed by atoms with E-state index < -0.39 is 10.8 Å². The fourth-order valence-electron chi connectivity index (χ4n) is 2.53. The molecule has 2 rings (SSSR count). The monoisotopic (exact) mass is 216 g/mol. The average molecular weight is 216 g/mol. The van der Waals surface area contributed by atoms with E-state index in [2.05, 4.69) is 0 Å². The zero-order valence-corrected chi connectivity index (χ0v) is 9.91. The van der Waals surface area contributed by atoms with Gasteiger partial charge in [0, 0.05) is 11.8 Å². The fraction of sp³-hybridized carbons (Fsp3) is 0.429. The summed E-state index contributed by atoms with van der Waals surface area (Å²) in [5, 5.41) is 0. The third-order valence-corrected chi connectivity index (χ3v) is 3.58. The zero-order valence-electron chi connectivity index (χ0n) is 9.91. The Labute approximate surface area is 95.7 Å². The molecule has 1 aromatic carbocycles. The minimum absolute atomic E-state index is 0.0358. The Hall–Kier alpha value is -1.44. The van der Waals surface area contributed by atoms with E-state index in [1.807, 2.05) is 44.2 Å². The molecule has 2 nitrogen and oxygen atoms in total. The van der Waals surface area contributed by atoms with E-state index in [1.54, 1.807) is 6.92 Å². The standard InChI is InChI=1S/C14H16O2/c1-13(2)9-11(15)14(3,12(13)16)10-7-5-4-6-8-10/h4-8H,9H2,1-3H3. The van der Waals surface area contributed by atoms with Crippen molar-refractivity contribution in [2.45, 2.75) is 32.6 Å². The van der Waals surface area contributed by atoms with Crippen molar-refractivity contribution >= 4 is 11.6 Å². The molecule has 0 aliphatic heterocycles. The van der Waals surface area contributed by atoms with Gasteiger partial charge < -0.3 is 0 Å². The molecule has 1 aliphatic rings. The van der Waals surface area contributed by atoms with Crippen LogP contribution in [0, 0.1) is 5.41 Å². The van der Waals surface area contributed by atoms with Crippen molar-refractivity contribution in [1.82, 2.24) is 0 Å². The van der Waals surface area contributed by atoms with Crippen molar-refractivity contribution in [1.29, 1.82) is 0 Å². The molecule has 16 heavy (non-hydrogen) atoms. The van der Waals surface area contributed by atoms with Crippen LogP contribution in [-0.2, 0) is 15.0 Å². The van der Waals surface area contributed by atoms with Gasteiger partial charge in [0.2, 0.25) is 0 Å². The largest absolute Gasteiger partial charge is 0.298 e. The molecule has 1 aliphatic carbocycles. The van der Waals surface area contributed by atoms with Crippen LogP contribution in [0.25, 0.3) is 0 Å². The molecule has 2 heteroatoms. The summed E-state index contributed by atoms with van der Waals surface area (Å²) < 4.78 is 0. The van der Waals surface area contributed by atoms with Gasteiger partial charge in [0.1, 0.15) is 5.41 Å². The van der Waals surface area contributed by atoms with Crippen LogP contribution in [0.3, 0.4) is 0 Å². The van der Waals surface area contributed by atoms with Crippen LogP contribution in [0.15, 0.2) is 30.3 Å². The Bertz CT molecular complexity index is 445. The molecule has 0 saturated heterocycles. The minimum Gasteiger partial charge on any atom is -0.298 e. The molecule has 0 heterocycles. The number of hydrogen-bond acceptors (Lipinski definition) is 2. The lowest BCUT2D eigenvalue weighted by atomic mass is 9.76. The van der Waals surface area contributed by atoms with Crippen LogP contribution in [-0.4, -0.2) is 11.6 Å². The lowest BCUT2D eigenvalue weighted by molar-refractivity contribution is -0.131. The Morgan fingerprint density at radius 2 is 1.56 bits per heavy atom. The van der Waals surface area contributed by atoms with Gasteiger partial charge in [0.15, 0.2) is 11.6 Å². The molecule has 1 unspecified atom stereocenters. The third-order valence-electron chi connectivity index (χ3n) is 3.58. The first kappa shape index (κ1) is 11.1. The average Bonchev–Trinajstić information content (AvgIpc) is 2.41. The van der Waals surface area contributed by atoms with E-state index in [-0.39, 0.29) is 11.6 Å². The van der Waals surface area contributed by atoms with Gasteiger partial charge in [-0.2, -0.15) is 0 Å². The van der Waals surface area contributed by atoms with Crippen molar-refractivity contribution in [3.8, 4) is 0 Å². The first-order valence-corrected chi connectivity index (χ1v) is 5.53. The molecular formula is C14H16O2. The Morgan fingerprint density at radius 3 is 2.00 bits per heavy atom. The molecule has 0 bridgehead atoms. The van der Waals surface area contributed by atoms with Gasteiger partial charge in [-0.25, -0.2) is 0 Å². The Morgan fingerprint density at radius 1 is 1.00 bits per heavy atom. The lowest BCUT2D eigenvalue weighted by Crippen LogP contribution is -2.37. The number of ketones is 2. The van der Waals surface area contributed by atoms with Crippen molar-refractivity contribution in [3.63, 3.8) is 0 Å². The summed E-state index contributed by atoms with van der Waals surface area (Å²) in [5.41, 5.74) is -0.650. The summed E-state index contributed by atoms with van der Waals surface area (Å²) in [7, 11) is 0. The highest BCUT2D eigenvalue weighted by atomic mass is 16.2. The van der Waals surface area contributed by atoms with E-state index in [4.69, 9.17) is 0 Å². The van der Waals surface area contributed by atoms with E-state index in [9.17, 15) is 9.59 Å². The van der Waals surface area contributed by atoms with E-state index in [0.717, 1.165) is 5.56 Å². The van der Waals surface area contributed by atoms with Crippen molar-refractivity contribution < 1.29 is 9.59 Å². The highest BCUT2D eigenvalue weighted by Crippen LogP contribution is 2.44. The second kappa shape index (κ2) is 3.27. The first-order valence-electron chi connectivity index (χ1n) is 5.53. The Balaban J connectivity index is 2.55. The smallest absolute Gasteiger partial charge is 0.156 e. The van der Waals surface area contributed by atoms with Gasteiger partial charge in [0.25, 0.3) is 0 Å².